The lowest BCUT2D eigenvalue weighted by Crippen LogP contribution is -2.37. The minimum atomic E-state index is -2.94. The fourth-order valence-electron chi connectivity index (χ4n) is 1.58. The highest BCUT2D eigenvalue weighted by Crippen LogP contribution is 2.05. The molecule has 0 radical (unpaired) electrons. The molecule has 1 rings (SSSR count). The molecule has 7 heteroatoms. The van der Waals surface area contributed by atoms with Gasteiger partial charge in [-0.05, 0) is 12.5 Å². The number of hydrogen-bond acceptors (Lipinski definition) is 3. The van der Waals surface area contributed by atoms with Gasteiger partial charge in [-0.15, -0.1) is 0 Å². The Morgan fingerprint density at radius 2 is 2.00 bits per heavy atom. The second kappa shape index (κ2) is 7.84. The molecule has 0 spiro atoms. The predicted octanol–water partition coefficient (Wildman–Crippen LogP) is 0.925. The Morgan fingerprint density at radius 1 is 1.30 bits per heavy atom. The zero-order valence-corrected chi connectivity index (χ0v) is 12.5. The van der Waals surface area contributed by atoms with Crippen LogP contribution in [0.3, 0.4) is 0 Å². The first-order chi connectivity index (χ1) is 9.42. The highest BCUT2D eigenvalue weighted by atomic mass is 32.2. The Labute approximate surface area is 119 Å². The third-order valence-electron chi connectivity index (χ3n) is 2.61. The van der Waals surface area contributed by atoms with Crippen molar-refractivity contribution in [3.8, 4) is 0 Å². The van der Waals surface area contributed by atoms with E-state index < -0.39 is 9.84 Å². The van der Waals surface area contributed by atoms with Crippen molar-refractivity contribution in [3.63, 3.8) is 0 Å². The maximum Gasteiger partial charge on any atom is 0.191 e. The molecule has 0 saturated carbocycles. The maximum absolute atomic E-state index is 13.4. The Morgan fingerprint density at radius 3 is 2.60 bits per heavy atom. The minimum Gasteiger partial charge on any atom is -0.356 e. The lowest BCUT2D eigenvalue weighted by atomic mass is 10.2. The van der Waals surface area contributed by atoms with E-state index in [0.29, 0.717) is 31.0 Å². The summed E-state index contributed by atoms with van der Waals surface area (Å²) in [7, 11) is -1.34. The summed E-state index contributed by atoms with van der Waals surface area (Å²) in [5, 5.41) is 5.96. The standard InChI is InChI=1S/C13H20FN3O2S/c1-15-13(16-8-5-9-20(2,18)19)17-10-11-6-3-4-7-12(11)14/h3-4,6-7H,5,8-10H2,1-2H3,(H2,15,16,17). The molecule has 0 amide bonds. The fraction of sp³-hybridized carbons (Fsp3) is 0.462. The van der Waals surface area contributed by atoms with Gasteiger partial charge < -0.3 is 10.6 Å². The number of nitrogens with zero attached hydrogens (tertiary/aromatic N) is 1. The SMILES string of the molecule is CN=C(NCCCS(C)(=O)=O)NCc1ccccc1F. The van der Waals surface area contributed by atoms with Crippen LogP contribution in [0, 0.1) is 5.82 Å². The van der Waals surface area contributed by atoms with E-state index >= 15 is 0 Å². The van der Waals surface area contributed by atoms with Crippen LogP contribution in [0.4, 0.5) is 4.39 Å². The molecule has 112 valence electrons. The summed E-state index contributed by atoms with van der Waals surface area (Å²) in [6.45, 7) is 0.808. The van der Waals surface area contributed by atoms with Gasteiger partial charge in [0.25, 0.3) is 0 Å². The van der Waals surface area contributed by atoms with Gasteiger partial charge in [0.15, 0.2) is 5.96 Å². The molecule has 0 aliphatic rings. The molecular formula is C13H20FN3O2S. The van der Waals surface area contributed by atoms with Crippen LogP contribution >= 0.6 is 0 Å². The van der Waals surface area contributed by atoms with Crippen LogP contribution in [-0.4, -0.2) is 40.0 Å². The molecule has 0 unspecified atom stereocenters. The number of rotatable bonds is 6. The summed E-state index contributed by atoms with van der Waals surface area (Å²) in [6, 6.07) is 6.50. The molecule has 20 heavy (non-hydrogen) atoms. The van der Waals surface area contributed by atoms with Gasteiger partial charge in [-0.1, -0.05) is 18.2 Å². The third kappa shape index (κ3) is 6.51. The maximum atomic E-state index is 13.4. The van der Waals surface area contributed by atoms with Crippen LogP contribution in [0.5, 0.6) is 0 Å². The molecule has 1 aromatic carbocycles. The molecule has 0 bridgehead atoms. The molecule has 0 aliphatic heterocycles. The molecule has 0 aliphatic carbocycles. The van der Waals surface area contributed by atoms with Gasteiger partial charge in [-0.25, -0.2) is 12.8 Å². The number of hydrogen-bond donors (Lipinski definition) is 2. The van der Waals surface area contributed by atoms with Crippen LogP contribution in [0.25, 0.3) is 0 Å². The Hall–Kier alpha value is -1.63. The van der Waals surface area contributed by atoms with Crippen LogP contribution in [0.15, 0.2) is 29.3 Å². The summed E-state index contributed by atoms with van der Waals surface area (Å²) in [5.74, 6) is 0.374. The predicted molar refractivity (Wildman–Crippen MR) is 78.9 cm³/mol. The van der Waals surface area contributed by atoms with Crippen molar-refractivity contribution < 1.29 is 12.8 Å². The van der Waals surface area contributed by atoms with E-state index in [9.17, 15) is 12.8 Å². The number of benzene rings is 1. The fourth-order valence-corrected chi connectivity index (χ4v) is 2.25. The summed E-state index contributed by atoms with van der Waals surface area (Å²) < 4.78 is 35.4. The van der Waals surface area contributed by atoms with Crippen LogP contribution in [0.1, 0.15) is 12.0 Å². The number of guanidine groups is 1. The second-order valence-corrected chi connectivity index (χ2v) is 6.69. The van der Waals surface area contributed by atoms with E-state index in [-0.39, 0.29) is 11.6 Å². The van der Waals surface area contributed by atoms with Crippen molar-refractivity contribution in [2.75, 3.05) is 25.6 Å². The van der Waals surface area contributed by atoms with E-state index in [2.05, 4.69) is 15.6 Å². The van der Waals surface area contributed by atoms with Crippen molar-refractivity contribution >= 4 is 15.8 Å². The van der Waals surface area contributed by atoms with Gasteiger partial charge in [0.2, 0.25) is 0 Å². The van der Waals surface area contributed by atoms with Gasteiger partial charge in [0.1, 0.15) is 15.7 Å². The van der Waals surface area contributed by atoms with E-state index in [1.54, 1.807) is 25.2 Å². The monoisotopic (exact) mass is 301 g/mol. The van der Waals surface area contributed by atoms with Crippen LogP contribution in [-0.2, 0) is 16.4 Å². The Kier molecular flexibility index (Phi) is 6.44. The zero-order valence-electron chi connectivity index (χ0n) is 11.7. The number of nitrogens with one attached hydrogen (secondary N) is 2. The van der Waals surface area contributed by atoms with Gasteiger partial charge in [-0.2, -0.15) is 0 Å². The summed E-state index contributed by atoms with van der Waals surface area (Å²) in [4.78, 5) is 3.99. The average Bonchev–Trinajstić information content (AvgIpc) is 2.38. The lowest BCUT2D eigenvalue weighted by molar-refractivity contribution is 0.597. The van der Waals surface area contributed by atoms with Gasteiger partial charge in [0.05, 0.1) is 5.75 Å². The molecule has 0 heterocycles. The van der Waals surface area contributed by atoms with Gasteiger partial charge in [0, 0.05) is 32.0 Å². The molecule has 0 aromatic heterocycles. The smallest absolute Gasteiger partial charge is 0.191 e. The number of halogens is 1. The number of sulfone groups is 1. The molecule has 5 nitrogen and oxygen atoms in total. The normalized spacial score (nSPS) is 12.2. The molecule has 2 N–H and O–H groups in total. The molecule has 0 fully saturated rings. The van der Waals surface area contributed by atoms with Gasteiger partial charge >= 0.3 is 0 Å². The topological polar surface area (TPSA) is 70.6 Å². The van der Waals surface area contributed by atoms with Crippen molar-refractivity contribution in [1.82, 2.24) is 10.6 Å². The molecule has 1 aromatic rings. The summed E-state index contributed by atoms with van der Waals surface area (Å²) in [5.41, 5.74) is 0.548. The first-order valence-corrected chi connectivity index (χ1v) is 8.34. The molecule has 0 saturated heterocycles. The summed E-state index contributed by atoms with van der Waals surface area (Å²) in [6.07, 6.45) is 1.71. The first kappa shape index (κ1) is 16.4. The lowest BCUT2D eigenvalue weighted by Gasteiger charge is -2.12. The average molecular weight is 301 g/mol. The Balaban J connectivity index is 2.36. The second-order valence-electron chi connectivity index (χ2n) is 4.43. The molecular weight excluding hydrogens is 281 g/mol. The van der Waals surface area contributed by atoms with Crippen molar-refractivity contribution in [2.45, 2.75) is 13.0 Å². The number of aliphatic imine (C=N–C) groups is 1. The van der Waals surface area contributed by atoms with Gasteiger partial charge in [-0.3, -0.25) is 4.99 Å². The zero-order chi connectivity index (χ0) is 15.0. The third-order valence-corrected chi connectivity index (χ3v) is 3.64. The van der Waals surface area contributed by atoms with Crippen molar-refractivity contribution in [3.05, 3.63) is 35.6 Å². The largest absolute Gasteiger partial charge is 0.356 e. The minimum absolute atomic E-state index is 0.129. The van der Waals surface area contributed by atoms with E-state index in [1.165, 1.54) is 12.3 Å². The summed E-state index contributed by atoms with van der Waals surface area (Å²) >= 11 is 0. The van der Waals surface area contributed by atoms with Crippen molar-refractivity contribution in [2.24, 2.45) is 4.99 Å². The highest BCUT2D eigenvalue weighted by molar-refractivity contribution is 7.90. The Bertz CT molecular complexity index is 558. The quantitative estimate of drug-likeness (QED) is 0.466. The van der Waals surface area contributed by atoms with Crippen LogP contribution in [0.2, 0.25) is 0 Å². The van der Waals surface area contributed by atoms with E-state index in [4.69, 9.17) is 0 Å². The van der Waals surface area contributed by atoms with E-state index in [0.717, 1.165) is 0 Å². The van der Waals surface area contributed by atoms with Crippen LogP contribution < -0.4 is 10.6 Å². The van der Waals surface area contributed by atoms with E-state index in [1.807, 2.05) is 0 Å². The van der Waals surface area contributed by atoms with Crippen molar-refractivity contribution in [1.29, 1.82) is 0 Å². The highest BCUT2D eigenvalue weighted by Gasteiger charge is 2.04. The molecule has 0 atom stereocenters. The first-order valence-electron chi connectivity index (χ1n) is 6.28.